The molecule has 0 aromatic heterocycles. The van der Waals surface area contributed by atoms with Gasteiger partial charge in [-0.3, -0.25) is 9.59 Å². The summed E-state index contributed by atoms with van der Waals surface area (Å²) in [5.41, 5.74) is 1.59. The second-order valence-electron chi connectivity index (χ2n) is 14.8. The summed E-state index contributed by atoms with van der Waals surface area (Å²) in [5, 5.41) is 5.82. The highest BCUT2D eigenvalue weighted by atomic mass is 16.6. The first-order valence-corrected chi connectivity index (χ1v) is 17.1. The number of alkyl carbamates (subject to hydrolysis) is 1. The van der Waals surface area contributed by atoms with Crippen molar-refractivity contribution >= 4 is 23.9 Å². The minimum Gasteiger partial charge on any atom is -0.458 e. The summed E-state index contributed by atoms with van der Waals surface area (Å²) in [6.07, 6.45) is 1.97. The fraction of sp³-hybridized carbons (Fsp3) is 0.450. The fourth-order valence-electron chi connectivity index (χ4n) is 5.84. The minimum atomic E-state index is -1.08. The molecule has 3 amide bonds. The summed E-state index contributed by atoms with van der Waals surface area (Å²) in [5.74, 6) is -1.47. The minimum absolute atomic E-state index is 0.193. The smallest absolute Gasteiger partial charge is 0.408 e. The molecule has 49 heavy (non-hydrogen) atoms. The van der Waals surface area contributed by atoms with E-state index in [2.05, 4.69) is 10.6 Å². The van der Waals surface area contributed by atoms with E-state index in [0.29, 0.717) is 18.4 Å². The molecule has 262 valence electrons. The number of ether oxygens (including phenoxy) is 2. The van der Waals surface area contributed by atoms with Crippen molar-refractivity contribution in [3.05, 3.63) is 107 Å². The molecule has 0 heterocycles. The summed E-state index contributed by atoms with van der Waals surface area (Å²) >= 11 is 0. The number of amides is 3. The summed E-state index contributed by atoms with van der Waals surface area (Å²) in [7, 11) is 0. The van der Waals surface area contributed by atoms with Gasteiger partial charge in [0.25, 0.3) is 0 Å². The van der Waals surface area contributed by atoms with Crippen LogP contribution >= 0.6 is 0 Å². The Morgan fingerprint density at radius 3 is 1.71 bits per heavy atom. The second-order valence-corrected chi connectivity index (χ2v) is 14.8. The molecule has 2 N–H and O–H groups in total. The lowest BCUT2D eigenvalue weighted by molar-refractivity contribution is -0.159. The molecular formula is C40H51N3O6. The van der Waals surface area contributed by atoms with Crippen LogP contribution in [0, 0.1) is 6.92 Å². The fourth-order valence-corrected chi connectivity index (χ4v) is 5.84. The topological polar surface area (TPSA) is 114 Å². The Morgan fingerprint density at radius 1 is 0.714 bits per heavy atom. The molecule has 0 radical (unpaired) electrons. The predicted molar refractivity (Wildman–Crippen MR) is 190 cm³/mol. The molecule has 3 aromatic carbocycles. The van der Waals surface area contributed by atoms with E-state index in [1.54, 1.807) is 46.4 Å². The maximum absolute atomic E-state index is 14.9. The third-order valence-electron chi connectivity index (χ3n) is 8.29. The molecule has 1 saturated carbocycles. The van der Waals surface area contributed by atoms with Crippen molar-refractivity contribution in [2.24, 2.45) is 0 Å². The first kappa shape index (κ1) is 37.2. The van der Waals surface area contributed by atoms with E-state index in [0.717, 1.165) is 23.1 Å². The Kier molecular flexibility index (Phi) is 12.3. The highest BCUT2D eigenvalue weighted by Gasteiger charge is 2.43. The Balaban J connectivity index is 1.77. The number of carbonyl (C=O) groups excluding carboxylic acids is 4. The lowest BCUT2D eigenvalue weighted by Crippen LogP contribution is -2.59. The van der Waals surface area contributed by atoms with Crippen LogP contribution in [0.15, 0.2) is 84.9 Å². The average Bonchev–Trinajstić information content (AvgIpc) is 2.99. The average molecular weight is 670 g/mol. The number of rotatable bonds is 12. The van der Waals surface area contributed by atoms with Crippen LogP contribution in [0.3, 0.4) is 0 Å². The first-order valence-electron chi connectivity index (χ1n) is 17.1. The molecule has 3 unspecified atom stereocenters. The zero-order valence-electron chi connectivity index (χ0n) is 29.8. The van der Waals surface area contributed by atoms with Crippen molar-refractivity contribution in [2.45, 2.75) is 116 Å². The van der Waals surface area contributed by atoms with Gasteiger partial charge in [0.05, 0.1) is 0 Å². The van der Waals surface area contributed by atoms with Crippen molar-refractivity contribution in [3.8, 4) is 0 Å². The normalized spacial score (nSPS) is 15.2. The number of hydrogen-bond acceptors (Lipinski definition) is 6. The van der Waals surface area contributed by atoms with E-state index < -0.39 is 53.2 Å². The van der Waals surface area contributed by atoms with Gasteiger partial charge in [0.1, 0.15) is 29.3 Å². The number of nitrogens with zero attached hydrogens (tertiary/aromatic N) is 1. The Morgan fingerprint density at radius 2 is 1.22 bits per heavy atom. The number of nitrogens with one attached hydrogen (secondary N) is 2. The van der Waals surface area contributed by atoms with Crippen molar-refractivity contribution in [3.63, 3.8) is 0 Å². The zero-order valence-corrected chi connectivity index (χ0v) is 29.8. The summed E-state index contributed by atoms with van der Waals surface area (Å²) in [6, 6.07) is 22.9. The zero-order chi connectivity index (χ0) is 35.8. The van der Waals surface area contributed by atoms with E-state index in [9.17, 15) is 19.2 Å². The number of hydrogen-bond donors (Lipinski definition) is 2. The molecule has 0 spiro atoms. The molecule has 0 bridgehead atoms. The molecule has 1 fully saturated rings. The summed E-state index contributed by atoms with van der Waals surface area (Å²) in [6.45, 7) is 12.5. The Hall–Kier alpha value is -4.66. The second kappa shape index (κ2) is 16.2. The van der Waals surface area contributed by atoms with Crippen LogP contribution in [-0.4, -0.2) is 58.1 Å². The van der Waals surface area contributed by atoms with Gasteiger partial charge in [0, 0.05) is 18.9 Å². The Labute approximate surface area is 290 Å². The third-order valence-corrected chi connectivity index (χ3v) is 8.29. The molecule has 1 aliphatic rings. The number of esters is 1. The van der Waals surface area contributed by atoms with Crippen molar-refractivity contribution in [1.29, 1.82) is 0 Å². The van der Waals surface area contributed by atoms with Crippen LogP contribution in [-0.2, 0) is 36.7 Å². The number of benzene rings is 3. The molecule has 9 nitrogen and oxygen atoms in total. The summed E-state index contributed by atoms with van der Waals surface area (Å²) < 4.78 is 11.3. The lowest BCUT2D eigenvalue weighted by atomic mass is 9.86. The predicted octanol–water partition coefficient (Wildman–Crippen LogP) is 6.62. The van der Waals surface area contributed by atoms with Gasteiger partial charge in [-0.2, -0.15) is 0 Å². The van der Waals surface area contributed by atoms with Gasteiger partial charge in [-0.1, -0.05) is 84.9 Å². The van der Waals surface area contributed by atoms with Crippen LogP contribution in [0.5, 0.6) is 0 Å². The molecule has 1 aliphatic carbocycles. The highest BCUT2D eigenvalue weighted by molar-refractivity contribution is 5.94. The highest BCUT2D eigenvalue weighted by Crippen LogP contribution is 2.35. The van der Waals surface area contributed by atoms with Gasteiger partial charge in [0.15, 0.2) is 0 Å². The van der Waals surface area contributed by atoms with Crippen LogP contribution in [0.2, 0.25) is 0 Å². The van der Waals surface area contributed by atoms with Crippen molar-refractivity contribution in [1.82, 2.24) is 15.5 Å². The van der Waals surface area contributed by atoms with Gasteiger partial charge in [-0.25, -0.2) is 9.59 Å². The van der Waals surface area contributed by atoms with Gasteiger partial charge in [-0.05, 0) is 90.0 Å². The van der Waals surface area contributed by atoms with Gasteiger partial charge < -0.3 is 25.0 Å². The quantitative estimate of drug-likeness (QED) is 0.210. The van der Waals surface area contributed by atoms with E-state index in [4.69, 9.17) is 9.47 Å². The molecule has 0 aliphatic heterocycles. The van der Waals surface area contributed by atoms with Crippen LogP contribution in [0.1, 0.15) is 89.1 Å². The van der Waals surface area contributed by atoms with Gasteiger partial charge in [-0.15, -0.1) is 0 Å². The lowest BCUT2D eigenvalue weighted by Gasteiger charge is -2.44. The standard InChI is InChI=1S/C40H51N3O6/c1-27-17-14-15-24-31(27)34(35(44)41-33(37(46)48-39(2,3)4)26-29-20-12-9-13-21-29)43(30-22-16-23-30)36(45)32(25-28-18-10-8-11-19-28)42-38(47)49-40(5,6)7/h8-15,17-21,24,30,32-34H,16,22-23,25-26H2,1-7H3,(H,41,44)(H,42,47). The van der Waals surface area contributed by atoms with Gasteiger partial charge >= 0.3 is 12.1 Å². The van der Waals surface area contributed by atoms with E-state index in [1.165, 1.54) is 0 Å². The third kappa shape index (κ3) is 10.9. The molecule has 4 rings (SSSR count). The van der Waals surface area contributed by atoms with E-state index in [-0.39, 0.29) is 18.9 Å². The molecule has 9 heteroatoms. The van der Waals surface area contributed by atoms with Gasteiger partial charge in [0.2, 0.25) is 11.8 Å². The maximum Gasteiger partial charge on any atom is 0.408 e. The number of aryl methyl sites for hydroxylation is 1. The first-order chi connectivity index (χ1) is 23.1. The monoisotopic (exact) mass is 669 g/mol. The van der Waals surface area contributed by atoms with Crippen LogP contribution < -0.4 is 10.6 Å². The van der Waals surface area contributed by atoms with Crippen LogP contribution in [0.4, 0.5) is 4.79 Å². The van der Waals surface area contributed by atoms with Crippen molar-refractivity contribution < 1.29 is 28.7 Å². The summed E-state index contributed by atoms with van der Waals surface area (Å²) in [4.78, 5) is 58.0. The largest absolute Gasteiger partial charge is 0.458 e. The van der Waals surface area contributed by atoms with Crippen LogP contribution in [0.25, 0.3) is 0 Å². The molecular weight excluding hydrogens is 618 g/mol. The Bertz CT molecular complexity index is 1570. The molecule has 3 aromatic rings. The SMILES string of the molecule is Cc1ccccc1C(C(=O)NC(Cc1ccccc1)C(=O)OC(C)(C)C)N(C(=O)C(Cc1ccccc1)NC(=O)OC(C)(C)C)C1CCC1. The van der Waals surface area contributed by atoms with Crippen molar-refractivity contribution in [2.75, 3.05) is 0 Å². The molecule has 3 atom stereocenters. The maximum atomic E-state index is 14.9. The van der Waals surface area contributed by atoms with E-state index in [1.807, 2.05) is 91.9 Å². The molecule has 0 saturated heterocycles. The number of carbonyl (C=O) groups is 4. The van der Waals surface area contributed by atoms with E-state index >= 15 is 0 Å².